The van der Waals surface area contributed by atoms with Crippen LogP contribution in [0.3, 0.4) is 0 Å². The summed E-state index contributed by atoms with van der Waals surface area (Å²) in [7, 11) is 0. The van der Waals surface area contributed by atoms with Crippen LogP contribution in [0.5, 0.6) is 0 Å². The van der Waals surface area contributed by atoms with Gasteiger partial charge >= 0.3 is 0 Å². The molecular formula is C9H6N4S. The fraction of sp³-hybridized carbons (Fsp3) is 0. The molecule has 2 rings (SSSR count). The summed E-state index contributed by atoms with van der Waals surface area (Å²) in [6.45, 7) is 0. The van der Waals surface area contributed by atoms with Crippen LogP contribution in [0.4, 0.5) is 0 Å². The SMILES string of the molecule is N#Cc1cccc(Sc2ncc[nH]2)n1. The third-order valence-corrected chi connectivity index (χ3v) is 2.37. The Bertz CT molecular complexity index is 458. The van der Waals surface area contributed by atoms with Gasteiger partial charge in [0.05, 0.1) is 0 Å². The van der Waals surface area contributed by atoms with E-state index in [4.69, 9.17) is 5.26 Å². The van der Waals surface area contributed by atoms with Crippen LogP contribution in [0.25, 0.3) is 0 Å². The van der Waals surface area contributed by atoms with Crippen LogP contribution < -0.4 is 0 Å². The zero-order chi connectivity index (χ0) is 9.80. The minimum Gasteiger partial charge on any atom is -0.339 e. The van der Waals surface area contributed by atoms with Crippen molar-refractivity contribution in [3.63, 3.8) is 0 Å². The fourth-order valence-electron chi connectivity index (χ4n) is 0.940. The highest BCUT2D eigenvalue weighted by Crippen LogP contribution is 2.21. The van der Waals surface area contributed by atoms with Crippen LogP contribution in [-0.2, 0) is 0 Å². The van der Waals surface area contributed by atoms with Crippen molar-refractivity contribution in [2.24, 2.45) is 0 Å². The standard InChI is InChI=1S/C9H6N4S/c10-6-7-2-1-3-8(13-7)14-9-11-4-5-12-9/h1-5H,(H,11,12). The molecule has 2 heterocycles. The lowest BCUT2D eigenvalue weighted by Crippen LogP contribution is -1.84. The first kappa shape index (κ1) is 8.78. The van der Waals surface area contributed by atoms with Crippen LogP contribution in [0.1, 0.15) is 5.69 Å². The first-order chi connectivity index (χ1) is 6.88. The molecule has 0 saturated heterocycles. The van der Waals surface area contributed by atoms with E-state index in [0.717, 1.165) is 10.2 Å². The van der Waals surface area contributed by atoms with Gasteiger partial charge in [-0.25, -0.2) is 9.97 Å². The number of nitrogens with one attached hydrogen (secondary N) is 1. The molecule has 0 aliphatic rings. The second-order valence-corrected chi connectivity index (χ2v) is 3.48. The second-order valence-electron chi connectivity index (χ2n) is 2.47. The third kappa shape index (κ3) is 1.92. The summed E-state index contributed by atoms with van der Waals surface area (Å²) >= 11 is 1.39. The molecule has 0 saturated carbocycles. The molecule has 14 heavy (non-hydrogen) atoms. The molecule has 0 aliphatic heterocycles. The normalized spacial score (nSPS) is 9.64. The highest BCUT2D eigenvalue weighted by Gasteiger charge is 2.01. The van der Waals surface area contributed by atoms with E-state index in [1.165, 1.54) is 11.8 Å². The number of imidazole rings is 1. The number of nitriles is 1. The quantitative estimate of drug-likeness (QED) is 0.806. The second kappa shape index (κ2) is 3.94. The monoisotopic (exact) mass is 202 g/mol. The minimum atomic E-state index is 0.418. The van der Waals surface area contributed by atoms with E-state index in [0.29, 0.717) is 5.69 Å². The maximum atomic E-state index is 8.64. The summed E-state index contributed by atoms with van der Waals surface area (Å²) in [5.41, 5.74) is 0.418. The van der Waals surface area contributed by atoms with Gasteiger partial charge in [0.1, 0.15) is 16.8 Å². The van der Waals surface area contributed by atoms with Gasteiger partial charge in [-0.3, -0.25) is 0 Å². The predicted octanol–water partition coefficient (Wildman–Crippen LogP) is 1.83. The van der Waals surface area contributed by atoms with E-state index >= 15 is 0 Å². The van der Waals surface area contributed by atoms with Crippen LogP contribution in [0, 0.1) is 11.3 Å². The Kier molecular flexibility index (Phi) is 2.47. The lowest BCUT2D eigenvalue weighted by molar-refractivity contribution is 1.03. The van der Waals surface area contributed by atoms with Gasteiger partial charge in [0.15, 0.2) is 5.16 Å². The molecule has 1 N–H and O–H groups in total. The number of nitrogens with zero attached hydrogens (tertiary/aromatic N) is 3. The van der Waals surface area contributed by atoms with Crippen molar-refractivity contribution < 1.29 is 0 Å². The van der Waals surface area contributed by atoms with Gasteiger partial charge in [-0.1, -0.05) is 6.07 Å². The number of H-pyrrole nitrogens is 1. The molecule has 0 bridgehead atoms. The van der Waals surface area contributed by atoms with E-state index in [1.807, 2.05) is 12.1 Å². The zero-order valence-corrected chi connectivity index (χ0v) is 7.95. The average Bonchev–Trinajstić information content (AvgIpc) is 2.71. The molecule has 0 aliphatic carbocycles. The Morgan fingerprint density at radius 3 is 3.07 bits per heavy atom. The summed E-state index contributed by atoms with van der Waals surface area (Å²) in [4.78, 5) is 11.1. The maximum absolute atomic E-state index is 8.64. The molecule has 0 aromatic carbocycles. The largest absolute Gasteiger partial charge is 0.339 e. The molecule has 0 amide bonds. The summed E-state index contributed by atoms with van der Waals surface area (Å²) in [5.74, 6) is 0. The Morgan fingerprint density at radius 2 is 2.36 bits per heavy atom. The molecule has 2 aromatic heterocycles. The smallest absolute Gasteiger partial charge is 0.171 e. The molecule has 0 fully saturated rings. The van der Waals surface area contributed by atoms with Crippen LogP contribution in [-0.4, -0.2) is 15.0 Å². The molecule has 4 nitrogen and oxygen atoms in total. The Morgan fingerprint density at radius 1 is 1.43 bits per heavy atom. The minimum absolute atomic E-state index is 0.418. The first-order valence-corrected chi connectivity index (χ1v) is 4.74. The van der Waals surface area contributed by atoms with Gasteiger partial charge in [-0.2, -0.15) is 5.26 Å². The topological polar surface area (TPSA) is 65.4 Å². The molecule has 68 valence electrons. The molecule has 0 radical (unpaired) electrons. The first-order valence-electron chi connectivity index (χ1n) is 3.93. The van der Waals surface area contributed by atoms with Crippen molar-refractivity contribution in [3.8, 4) is 6.07 Å². The van der Waals surface area contributed by atoms with Crippen molar-refractivity contribution in [2.45, 2.75) is 10.2 Å². The molecule has 0 atom stereocenters. The fourth-order valence-corrected chi connectivity index (χ4v) is 1.67. The van der Waals surface area contributed by atoms with Crippen molar-refractivity contribution in [1.82, 2.24) is 15.0 Å². The van der Waals surface area contributed by atoms with Crippen molar-refractivity contribution in [2.75, 3.05) is 0 Å². The molecular weight excluding hydrogens is 196 g/mol. The Hall–Kier alpha value is -1.80. The maximum Gasteiger partial charge on any atom is 0.171 e. The molecule has 0 unspecified atom stereocenters. The average molecular weight is 202 g/mol. The summed E-state index contributed by atoms with van der Waals surface area (Å²) < 4.78 is 0. The van der Waals surface area contributed by atoms with Crippen LogP contribution in [0.15, 0.2) is 40.8 Å². The van der Waals surface area contributed by atoms with Crippen molar-refractivity contribution in [1.29, 1.82) is 5.26 Å². The number of rotatable bonds is 2. The molecule has 5 heteroatoms. The Labute approximate surface area is 85.0 Å². The third-order valence-electron chi connectivity index (χ3n) is 1.51. The summed E-state index contributed by atoms with van der Waals surface area (Å²) in [6.07, 6.45) is 3.42. The number of hydrogen-bond acceptors (Lipinski definition) is 4. The van der Waals surface area contributed by atoms with E-state index in [1.54, 1.807) is 24.5 Å². The number of aromatic nitrogens is 3. The van der Waals surface area contributed by atoms with Gasteiger partial charge in [-0.05, 0) is 23.9 Å². The molecule has 2 aromatic rings. The Balaban J connectivity index is 2.22. The number of aromatic amines is 1. The number of pyridine rings is 1. The number of hydrogen-bond donors (Lipinski definition) is 1. The van der Waals surface area contributed by atoms with Crippen LogP contribution >= 0.6 is 11.8 Å². The highest BCUT2D eigenvalue weighted by molar-refractivity contribution is 7.99. The van der Waals surface area contributed by atoms with Gasteiger partial charge < -0.3 is 4.98 Å². The van der Waals surface area contributed by atoms with E-state index in [2.05, 4.69) is 15.0 Å². The lowest BCUT2D eigenvalue weighted by atomic mass is 10.4. The van der Waals surface area contributed by atoms with Crippen molar-refractivity contribution >= 4 is 11.8 Å². The van der Waals surface area contributed by atoms with Crippen molar-refractivity contribution in [3.05, 3.63) is 36.3 Å². The predicted molar refractivity (Wildman–Crippen MR) is 51.7 cm³/mol. The van der Waals surface area contributed by atoms with Gasteiger partial charge in [-0.15, -0.1) is 0 Å². The van der Waals surface area contributed by atoms with E-state index in [-0.39, 0.29) is 0 Å². The van der Waals surface area contributed by atoms with Gasteiger partial charge in [0.2, 0.25) is 0 Å². The van der Waals surface area contributed by atoms with Gasteiger partial charge in [0.25, 0.3) is 0 Å². The summed E-state index contributed by atoms with van der Waals surface area (Å²) in [6, 6.07) is 7.31. The van der Waals surface area contributed by atoms with E-state index in [9.17, 15) is 0 Å². The highest BCUT2D eigenvalue weighted by atomic mass is 32.2. The lowest BCUT2D eigenvalue weighted by Gasteiger charge is -1.96. The summed E-state index contributed by atoms with van der Waals surface area (Å²) in [5, 5.41) is 10.2. The molecule has 0 spiro atoms. The van der Waals surface area contributed by atoms with Gasteiger partial charge in [0, 0.05) is 12.4 Å². The zero-order valence-electron chi connectivity index (χ0n) is 7.14. The van der Waals surface area contributed by atoms with E-state index < -0.39 is 0 Å². The van der Waals surface area contributed by atoms with Crippen LogP contribution in [0.2, 0.25) is 0 Å².